The maximum absolute atomic E-state index is 11.6. The molecule has 1 rings (SSSR count). The second-order valence-electron chi connectivity index (χ2n) is 5.39. The van der Waals surface area contributed by atoms with E-state index in [2.05, 4.69) is 37.6 Å². The molecule has 0 atom stereocenters. The average molecular weight is 497 g/mol. The summed E-state index contributed by atoms with van der Waals surface area (Å²) in [6.07, 6.45) is 0.431. The summed E-state index contributed by atoms with van der Waals surface area (Å²) >= 11 is 3.55. The summed E-state index contributed by atoms with van der Waals surface area (Å²) in [5.74, 6) is 0.819. The molecule has 23 heavy (non-hydrogen) atoms. The van der Waals surface area contributed by atoms with Crippen LogP contribution in [0.5, 0.6) is 0 Å². The Morgan fingerprint density at radius 1 is 1.35 bits per heavy atom. The van der Waals surface area contributed by atoms with Crippen LogP contribution >= 0.6 is 39.9 Å². The van der Waals surface area contributed by atoms with E-state index in [1.165, 1.54) is 5.56 Å². The monoisotopic (exact) mass is 496 g/mol. The van der Waals surface area contributed by atoms with Crippen LogP contribution in [0.4, 0.5) is 0 Å². The second-order valence-corrected chi connectivity index (χ2v) is 6.25. The first kappa shape index (κ1) is 22.2. The zero-order chi connectivity index (χ0) is 16.5. The van der Waals surface area contributed by atoms with Gasteiger partial charge in [0.2, 0.25) is 5.91 Å². The fourth-order valence-corrected chi connectivity index (χ4v) is 2.43. The summed E-state index contributed by atoms with van der Waals surface area (Å²) in [7, 11) is 3.72. The number of carbonyl (C=O) groups is 1. The summed E-state index contributed by atoms with van der Waals surface area (Å²) in [6, 6.07) is 8.28. The number of hydrogen-bond donors (Lipinski definition) is 2. The second kappa shape index (κ2) is 11.7. The molecule has 0 fully saturated rings. The van der Waals surface area contributed by atoms with Crippen molar-refractivity contribution in [3.63, 3.8) is 0 Å². The first-order chi connectivity index (χ1) is 10.4. The molecular formula is C16H26BrIN4O. The third-order valence-corrected chi connectivity index (χ3v) is 3.80. The number of carbonyl (C=O) groups excluding carboxylic acids is 1. The molecule has 2 N–H and O–H groups in total. The number of nitrogens with zero attached hydrogens (tertiary/aromatic N) is 2. The molecule has 0 unspecified atom stereocenters. The maximum atomic E-state index is 11.6. The highest BCUT2D eigenvalue weighted by Gasteiger charge is 2.09. The van der Waals surface area contributed by atoms with E-state index in [0.717, 1.165) is 17.0 Å². The summed E-state index contributed by atoms with van der Waals surface area (Å²) in [6.45, 7) is 5.20. The number of guanidine groups is 1. The van der Waals surface area contributed by atoms with Crippen LogP contribution in [0.25, 0.3) is 0 Å². The number of benzene rings is 1. The molecule has 0 aliphatic heterocycles. The van der Waals surface area contributed by atoms with Gasteiger partial charge in [-0.25, -0.2) is 0 Å². The van der Waals surface area contributed by atoms with E-state index in [0.29, 0.717) is 13.0 Å². The third kappa shape index (κ3) is 8.55. The van der Waals surface area contributed by atoms with Gasteiger partial charge >= 0.3 is 0 Å². The molecule has 1 amide bonds. The molecule has 5 nitrogen and oxygen atoms in total. The van der Waals surface area contributed by atoms with Gasteiger partial charge in [-0.3, -0.25) is 9.79 Å². The lowest BCUT2D eigenvalue weighted by atomic mass is 10.2. The third-order valence-electron chi connectivity index (χ3n) is 3.02. The molecule has 1 aromatic carbocycles. The van der Waals surface area contributed by atoms with E-state index in [9.17, 15) is 4.79 Å². The first-order valence-corrected chi connectivity index (χ1v) is 8.18. The van der Waals surface area contributed by atoms with Crippen molar-refractivity contribution in [1.29, 1.82) is 0 Å². The predicted octanol–water partition coefficient (Wildman–Crippen LogP) is 2.99. The zero-order valence-electron chi connectivity index (χ0n) is 14.1. The van der Waals surface area contributed by atoms with Gasteiger partial charge in [-0.15, -0.1) is 24.0 Å². The number of amides is 1. The van der Waals surface area contributed by atoms with Gasteiger partial charge in [-0.05, 0) is 25.5 Å². The van der Waals surface area contributed by atoms with Crippen molar-refractivity contribution in [2.24, 2.45) is 4.99 Å². The summed E-state index contributed by atoms with van der Waals surface area (Å²) in [5, 5.41) is 6.09. The van der Waals surface area contributed by atoms with E-state index in [1.807, 2.05) is 44.0 Å². The molecule has 0 spiro atoms. The lowest BCUT2D eigenvalue weighted by molar-refractivity contribution is -0.121. The van der Waals surface area contributed by atoms with Crippen LogP contribution < -0.4 is 10.6 Å². The zero-order valence-corrected chi connectivity index (χ0v) is 18.0. The lowest BCUT2D eigenvalue weighted by Crippen LogP contribution is -2.40. The highest BCUT2D eigenvalue weighted by molar-refractivity contribution is 14.0. The molecular weight excluding hydrogens is 471 g/mol. The van der Waals surface area contributed by atoms with Crippen molar-refractivity contribution in [1.82, 2.24) is 15.5 Å². The molecule has 0 radical (unpaired) electrons. The van der Waals surface area contributed by atoms with Crippen LogP contribution in [0.2, 0.25) is 0 Å². The Hall–Kier alpha value is -0.830. The molecule has 0 aliphatic rings. The average Bonchev–Trinajstić information content (AvgIpc) is 2.45. The molecule has 0 saturated carbocycles. The van der Waals surface area contributed by atoms with Crippen LogP contribution in [0.15, 0.2) is 33.7 Å². The van der Waals surface area contributed by atoms with E-state index in [1.54, 1.807) is 7.05 Å². The molecule has 0 saturated heterocycles. The fraction of sp³-hybridized carbons (Fsp3) is 0.500. The molecule has 1 aromatic rings. The van der Waals surface area contributed by atoms with Gasteiger partial charge in [0.25, 0.3) is 0 Å². The van der Waals surface area contributed by atoms with Crippen molar-refractivity contribution in [2.75, 3.05) is 20.6 Å². The van der Waals surface area contributed by atoms with Gasteiger partial charge in [0.1, 0.15) is 0 Å². The number of halogens is 2. The van der Waals surface area contributed by atoms with Gasteiger partial charge in [0.15, 0.2) is 5.96 Å². The molecule has 0 bridgehead atoms. The Balaban J connectivity index is 0.00000484. The Labute approximate surface area is 164 Å². The maximum Gasteiger partial charge on any atom is 0.221 e. The fourth-order valence-electron chi connectivity index (χ4n) is 2.02. The molecule has 7 heteroatoms. The van der Waals surface area contributed by atoms with Gasteiger partial charge in [-0.1, -0.05) is 34.1 Å². The van der Waals surface area contributed by atoms with Gasteiger partial charge in [-0.2, -0.15) is 0 Å². The quantitative estimate of drug-likeness (QED) is 0.361. The minimum atomic E-state index is 0. The highest BCUT2D eigenvalue weighted by atomic mass is 127. The number of hydrogen-bond acceptors (Lipinski definition) is 2. The SMILES string of the molecule is CN=C(NCCC(=O)NC(C)C)N(C)Cc1ccccc1Br.I. The largest absolute Gasteiger partial charge is 0.356 e. The van der Waals surface area contributed by atoms with Gasteiger partial charge < -0.3 is 15.5 Å². The van der Waals surface area contributed by atoms with Gasteiger partial charge in [0.05, 0.1) is 0 Å². The topological polar surface area (TPSA) is 56.7 Å². The minimum absolute atomic E-state index is 0. The first-order valence-electron chi connectivity index (χ1n) is 7.38. The number of aliphatic imine (C=N–C) groups is 1. The molecule has 0 aromatic heterocycles. The van der Waals surface area contributed by atoms with Crippen LogP contribution in [-0.2, 0) is 11.3 Å². The summed E-state index contributed by atoms with van der Waals surface area (Å²) < 4.78 is 1.08. The highest BCUT2D eigenvalue weighted by Crippen LogP contribution is 2.17. The van der Waals surface area contributed by atoms with Crippen molar-refractivity contribution in [2.45, 2.75) is 32.9 Å². The Kier molecular flexibility index (Phi) is 11.2. The van der Waals surface area contributed by atoms with Crippen LogP contribution in [-0.4, -0.2) is 43.4 Å². The van der Waals surface area contributed by atoms with Crippen LogP contribution in [0, 0.1) is 0 Å². The van der Waals surface area contributed by atoms with E-state index >= 15 is 0 Å². The minimum Gasteiger partial charge on any atom is -0.356 e. The van der Waals surface area contributed by atoms with Crippen LogP contribution in [0.1, 0.15) is 25.8 Å². The smallest absolute Gasteiger partial charge is 0.221 e. The Bertz CT molecular complexity index is 523. The van der Waals surface area contributed by atoms with Gasteiger partial charge in [0, 0.05) is 44.1 Å². The van der Waals surface area contributed by atoms with Crippen LogP contribution in [0.3, 0.4) is 0 Å². The van der Waals surface area contributed by atoms with E-state index in [4.69, 9.17) is 0 Å². The standard InChI is InChI=1S/C16H25BrN4O.HI/c1-12(2)20-15(22)9-10-19-16(18-3)21(4)11-13-7-5-6-8-14(13)17;/h5-8,12H,9-11H2,1-4H3,(H,18,19)(H,20,22);1H. The number of nitrogens with one attached hydrogen (secondary N) is 2. The Morgan fingerprint density at radius 2 is 2.00 bits per heavy atom. The number of rotatable bonds is 6. The van der Waals surface area contributed by atoms with Crippen molar-refractivity contribution in [3.05, 3.63) is 34.3 Å². The predicted molar refractivity (Wildman–Crippen MR) is 110 cm³/mol. The lowest BCUT2D eigenvalue weighted by Gasteiger charge is -2.22. The van der Waals surface area contributed by atoms with E-state index < -0.39 is 0 Å². The summed E-state index contributed by atoms with van der Waals surface area (Å²) in [4.78, 5) is 17.9. The van der Waals surface area contributed by atoms with Crippen molar-refractivity contribution in [3.8, 4) is 0 Å². The Morgan fingerprint density at radius 3 is 2.57 bits per heavy atom. The summed E-state index contributed by atoms with van der Waals surface area (Å²) in [5.41, 5.74) is 1.19. The van der Waals surface area contributed by atoms with Crippen molar-refractivity contribution >= 4 is 51.8 Å². The van der Waals surface area contributed by atoms with E-state index in [-0.39, 0.29) is 35.9 Å². The molecule has 0 aliphatic carbocycles. The molecule has 130 valence electrons. The normalized spacial score (nSPS) is 11.0. The van der Waals surface area contributed by atoms with Crippen molar-refractivity contribution < 1.29 is 4.79 Å². The molecule has 0 heterocycles.